The van der Waals surface area contributed by atoms with E-state index in [0.29, 0.717) is 31.4 Å². The molecule has 3 heterocycles. The number of imidazole rings is 1. The van der Waals surface area contributed by atoms with Gasteiger partial charge in [0.15, 0.2) is 0 Å². The zero-order chi connectivity index (χ0) is 20.1. The highest BCUT2D eigenvalue weighted by Gasteiger charge is 2.27. The summed E-state index contributed by atoms with van der Waals surface area (Å²) < 4.78 is 7.12. The molecule has 0 atom stereocenters. The van der Waals surface area contributed by atoms with Crippen LogP contribution in [-0.4, -0.2) is 70.1 Å². The van der Waals surface area contributed by atoms with Crippen LogP contribution in [0.1, 0.15) is 57.2 Å². The molecule has 1 aromatic heterocycles. The normalized spacial score (nSPS) is 21.3. The minimum Gasteiger partial charge on any atom is -0.464 e. The topological polar surface area (TPSA) is 67.7 Å². The molecule has 1 aliphatic carbocycles. The summed E-state index contributed by atoms with van der Waals surface area (Å²) in [7, 11) is 0. The van der Waals surface area contributed by atoms with E-state index in [0.717, 1.165) is 31.8 Å². The van der Waals surface area contributed by atoms with E-state index in [1.165, 1.54) is 45.2 Å². The number of aryl methyl sites for hydroxylation is 1. The summed E-state index contributed by atoms with van der Waals surface area (Å²) in [6.07, 6.45) is 13.0. The molecule has 1 aromatic rings. The molecule has 0 bridgehead atoms. The Bertz CT molecular complexity index is 686. The minimum atomic E-state index is -0.220. The third-order valence-corrected chi connectivity index (χ3v) is 6.56. The lowest BCUT2D eigenvalue weighted by Gasteiger charge is -2.40. The fourth-order valence-electron chi connectivity index (χ4n) is 4.53. The van der Waals surface area contributed by atoms with E-state index < -0.39 is 0 Å². The van der Waals surface area contributed by atoms with Crippen molar-refractivity contribution in [2.45, 2.75) is 70.4 Å². The molecule has 0 spiro atoms. The smallest absolute Gasteiger partial charge is 0.326 e. The molecule has 2 aliphatic heterocycles. The van der Waals surface area contributed by atoms with Crippen LogP contribution in [-0.2, 0) is 27.3 Å². The maximum atomic E-state index is 12.7. The van der Waals surface area contributed by atoms with Gasteiger partial charge >= 0.3 is 5.97 Å². The van der Waals surface area contributed by atoms with Gasteiger partial charge in [-0.3, -0.25) is 9.59 Å². The van der Waals surface area contributed by atoms with E-state index in [9.17, 15) is 9.59 Å². The Morgan fingerprint density at radius 1 is 1.03 bits per heavy atom. The first kappa shape index (κ1) is 20.4. The summed E-state index contributed by atoms with van der Waals surface area (Å²) in [5.74, 6) is 1.33. The second-order valence-corrected chi connectivity index (χ2v) is 8.81. The average Bonchev–Trinajstić information content (AvgIpc) is 3.50. The van der Waals surface area contributed by atoms with Crippen LogP contribution in [0.5, 0.6) is 0 Å². The highest BCUT2D eigenvalue weighted by molar-refractivity contribution is 5.76. The Kier molecular flexibility index (Phi) is 6.85. The molecule has 1 saturated carbocycles. The van der Waals surface area contributed by atoms with E-state index in [2.05, 4.69) is 9.88 Å². The van der Waals surface area contributed by atoms with Crippen LogP contribution in [0.25, 0.3) is 0 Å². The Morgan fingerprint density at radius 3 is 2.52 bits per heavy atom. The van der Waals surface area contributed by atoms with Gasteiger partial charge in [0.1, 0.15) is 12.4 Å². The van der Waals surface area contributed by atoms with E-state index in [4.69, 9.17) is 4.74 Å². The van der Waals surface area contributed by atoms with Crippen molar-refractivity contribution >= 4 is 11.9 Å². The largest absolute Gasteiger partial charge is 0.464 e. The van der Waals surface area contributed by atoms with Gasteiger partial charge in [-0.05, 0) is 57.5 Å². The zero-order valence-corrected chi connectivity index (χ0v) is 17.4. The predicted molar refractivity (Wildman–Crippen MR) is 109 cm³/mol. The SMILES string of the molecule is O=C(Cn1ccnc1CCC(=O)N1CCC(N2CCCCC2)CC1)OCC1CC1. The van der Waals surface area contributed by atoms with E-state index in [-0.39, 0.29) is 18.4 Å². The summed E-state index contributed by atoms with van der Waals surface area (Å²) in [6, 6.07) is 0.653. The molecule has 3 fully saturated rings. The lowest BCUT2D eigenvalue weighted by atomic mass is 9.99. The molecule has 29 heavy (non-hydrogen) atoms. The van der Waals surface area contributed by atoms with E-state index >= 15 is 0 Å². The number of rotatable bonds is 8. The van der Waals surface area contributed by atoms with Gasteiger partial charge in [0.25, 0.3) is 0 Å². The Balaban J connectivity index is 1.19. The zero-order valence-electron chi connectivity index (χ0n) is 17.4. The summed E-state index contributed by atoms with van der Waals surface area (Å²) in [5.41, 5.74) is 0. The number of piperidine rings is 2. The molecule has 160 valence electrons. The van der Waals surface area contributed by atoms with Gasteiger partial charge in [0.2, 0.25) is 5.91 Å². The number of hydrogen-bond donors (Lipinski definition) is 0. The van der Waals surface area contributed by atoms with E-state index in [1.54, 1.807) is 12.4 Å². The molecule has 2 saturated heterocycles. The van der Waals surface area contributed by atoms with Crippen molar-refractivity contribution in [1.82, 2.24) is 19.4 Å². The number of aromatic nitrogens is 2. The van der Waals surface area contributed by atoms with Gasteiger partial charge in [-0.1, -0.05) is 6.42 Å². The fraction of sp³-hybridized carbons (Fsp3) is 0.773. The number of ether oxygens (including phenoxy) is 1. The second kappa shape index (κ2) is 9.74. The Morgan fingerprint density at radius 2 is 1.79 bits per heavy atom. The molecule has 0 aromatic carbocycles. The van der Waals surface area contributed by atoms with Gasteiger partial charge in [-0.15, -0.1) is 0 Å². The van der Waals surface area contributed by atoms with Crippen molar-refractivity contribution < 1.29 is 14.3 Å². The molecule has 0 N–H and O–H groups in total. The van der Waals surface area contributed by atoms with Gasteiger partial charge in [0.05, 0.1) is 6.61 Å². The lowest BCUT2D eigenvalue weighted by molar-refractivity contribution is -0.144. The highest BCUT2D eigenvalue weighted by atomic mass is 16.5. The van der Waals surface area contributed by atoms with Crippen molar-refractivity contribution in [1.29, 1.82) is 0 Å². The third-order valence-electron chi connectivity index (χ3n) is 6.56. The first-order valence-corrected chi connectivity index (χ1v) is 11.4. The molecular formula is C22H34N4O3. The molecule has 0 unspecified atom stereocenters. The number of nitrogens with zero attached hydrogens (tertiary/aromatic N) is 4. The van der Waals surface area contributed by atoms with Crippen LogP contribution in [0.4, 0.5) is 0 Å². The van der Waals surface area contributed by atoms with Crippen molar-refractivity contribution in [2.75, 3.05) is 32.8 Å². The molecule has 3 aliphatic rings. The molecule has 7 heteroatoms. The maximum Gasteiger partial charge on any atom is 0.326 e. The number of likely N-dealkylation sites (tertiary alicyclic amines) is 2. The van der Waals surface area contributed by atoms with E-state index in [1.807, 2.05) is 9.47 Å². The first-order valence-electron chi connectivity index (χ1n) is 11.4. The molecule has 7 nitrogen and oxygen atoms in total. The van der Waals surface area contributed by atoms with Gasteiger partial charge < -0.3 is 19.1 Å². The number of amides is 1. The lowest BCUT2D eigenvalue weighted by Crippen LogP contribution is -2.48. The van der Waals surface area contributed by atoms with Gasteiger partial charge in [-0.2, -0.15) is 0 Å². The average molecular weight is 403 g/mol. The number of carbonyl (C=O) groups is 2. The van der Waals surface area contributed by atoms with Crippen LogP contribution >= 0.6 is 0 Å². The Hall–Kier alpha value is -1.89. The van der Waals surface area contributed by atoms with Gasteiger partial charge in [0, 0.05) is 44.4 Å². The number of esters is 1. The monoisotopic (exact) mass is 402 g/mol. The standard InChI is InChI=1S/C22H34N4O3/c27-21(25-13-8-19(9-14-25)24-11-2-1-3-12-24)7-6-20-23-10-15-26(20)16-22(28)29-17-18-4-5-18/h10,15,18-19H,1-9,11-14,16-17H2. The molecule has 1 amide bonds. The van der Waals surface area contributed by atoms with Crippen LogP contribution in [0.2, 0.25) is 0 Å². The van der Waals surface area contributed by atoms with Crippen molar-refractivity contribution in [3.63, 3.8) is 0 Å². The van der Waals surface area contributed by atoms with Crippen molar-refractivity contribution in [3.8, 4) is 0 Å². The maximum absolute atomic E-state index is 12.7. The highest BCUT2D eigenvalue weighted by Crippen LogP contribution is 2.28. The number of carbonyl (C=O) groups excluding carboxylic acids is 2. The van der Waals surface area contributed by atoms with Crippen molar-refractivity contribution in [2.24, 2.45) is 5.92 Å². The predicted octanol–water partition coefficient (Wildman–Crippen LogP) is 2.25. The summed E-state index contributed by atoms with van der Waals surface area (Å²) in [4.78, 5) is 33.7. The van der Waals surface area contributed by atoms with Crippen molar-refractivity contribution in [3.05, 3.63) is 18.2 Å². The third kappa shape index (κ3) is 5.81. The molecule has 4 rings (SSSR count). The first-order chi connectivity index (χ1) is 14.2. The van der Waals surface area contributed by atoms with Crippen LogP contribution < -0.4 is 0 Å². The Labute approximate surface area is 173 Å². The number of hydrogen-bond acceptors (Lipinski definition) is 5. The quantitative estimate of drug-likeness (QED) is 0.624. The summed E-state index contributed by atoms with van der Waals surface area (Å²) in [5, 5.41) is 0. The van der Waals surface area contributed by atoms with Crippen LogP contribution in [0.15, 0.2) is 12.4 Å². The molecule has 0 radical (unpaired) electrons. The summed E-state index contributed by atoms with van der Waals surface area (Å²) >= 11 is 0. The second-order valence-electron chi connectivity index (χ2n) is 8.81. The van der Waals surface area contributed by atoms with Crippen LogP contribution in [0.3, 0.4) is 0 Å². The summed E-state index contributed by atoms with van der Waals surface area (Å²) in [6.45, 7) is 4.89. The minimum absolute atomic E-state index is 0.178. The molecular weight excluding hydrogens is 368 g/mol. The van der Waals surface area contributed by atoms with Gasteiger partial charge in [-0.25, -0.2) is 4.98 Å². The van der Waals surface area contributed by atoms with Crippen LogP contribution in [0, 0.1) is 5.92 Å². The fourth-order valence-corrected chi connectivity index (χ4v) is 4.53.